The van der Waals surface area contributed by atoms with Crippen molar-refractivity contribution >= 4 is 15.9 Å². The molecule has 0 bridgehead atoms. The van der Waals surface area contributed by atoms with Crippen LogP contribution < -0.4 is 14.8 Å². The van der Waals surface area contributed by atoms with E-state index in [2.05, 4.69) is 5.32 Å². The number of carbonyl (C=O) groups excluding carboxylic acids is 1. The van der Waals surface area contributed by atoms with Crippen LogP contribution in [-0.2, 0) is 14.8 Å². The van der Waals surface area contributed by atoms with Gasteiger partial charge in [-0.3, -0.25) is 4.79 Å². The van der Waals surface area contributed by atoms with E-state index in [1.54, 1.807) is 6.07 Å². The second kappa shape index (κ2) is 7.21. The first kappa shape index (κ1) is 18.0. The molecule has 0 radical (unpaired) electrons. The molecule has 2 aliphatic rings. The van der Waals surface area contributed by atoms with Gasteiger partial charge in [0, 0.05) is 25.2 Å². The van der Waals surface area contributed by atoms with Crippen molar-refractivity contribution in [2.45, 2.75) is 37.6 Å². The Hall–Kier alpha value is -1.80. The predicted octanol–water partition coefficient (Wildman–Crippen LogP) is 1.38. The van der Waals surface area contributed by atoms with E-state index in [4.69, 9.17) is 9.47 Å². The maximum absolute atomic E-state index is 13.0. The Morgan fingerprint density at radius 1 is 1.24 bits per heavy atom. The smallest absolute Gasteiger partial charge is 0.243 e. The number of hydrogen-bond acceptors (Lipinski definition) is 5. The molecule has 0 saturated carbocycles. The quantitative estimate of drug-likeness (QED) is 0.868. The lowest BCUT2D eigenvalue weighted by atomic mass is 9.98. The van der Waals surface area contributed by atoms with Crippen LogP contribution >= 0.6 is 0 Å². The molecule has 7 nitrogen and oxygen atoms in total. The minimum Gasteiger partial charge on any atom is -0.486 e. The zero-order valence-corrected chi connectivity index (χ0v) is 15.3. The monoisotopic (exact) mass is 368 g/mol. The predicted molar refractivity (Wildman–Crippen MR) is 92.2 cm³/mol. The van der Waals surface area contributed by atoms with Crippen molar-refractivity contribution in [3.63, 3.8) is 0 Å². The second-order valence-corrected chi connectivity index (χ2v) is 8.61. The lowest BCUT2D eigenvalue weighted by molar-refractivity contribution is -0.126. The van der Waals surface area contributed by atoms with Gasteiger partial charge in [-0.2, -0.15) is 4.31 Å². The summed E-state index contributed by atoms with van der Waals surface area (Å²) in [6.45, 7) is 5.27. The van der Waals surface area contributed by atoms with E-state index in [1.165, 1.54) is 16.4 Å². The molecule has 1 aromatic carbocycles. The van der Waals surface area contributed by atoms with Crippen molar-refractivity contribution < 1.29 is 22.7 Å². The van der Waals surface area contributed by atoms with E-state index >= 15 is 0 Å². The van der Waals surface area contributed by atoms with Crippen LogP contribution in [0, 0.1) is 5.92 Å². The van der Waals surface area contributed by atoms with Gasteiger partial charge in [0.05, 0.1) is 10.8 Å². The zero-order chi connectivity index (χ0) is 18.0. The number of fused-ring (bicyclic) bond motifs is 1. The highest BCUT2D eigenvalue weighted by Crippen LogP contribution is 2.34. The van der Waals surface area contributed by atoms with E-state index in [1.807, 2.05) is 13.8 Å². The summed E-state index contributed by atoms with van der Waals surface area (Å²) in [4.78, 5) is 12.4. The molecule has 0 aromatic heterocycles. The first-order chi connectivity index (χ1) is 11.9. The number of nitrogens with one attached hydrogen (secondary N) is 1. The number of nitrogens with zero attached hydrogens (tertiary/aromatic N) is 1. The maximum atomic E-state index is 13.0. The van der Waals surface area contributed by atoms with Gasteiger partial charge in [-0.15, -0.1) is 0 Å². The molecule has 1 saturated heterocycles. The van der Waals surface area contributed by atoms with Crippen molar-refractivity contribution in [3.05, 3.63) is 18.2 Å². The molecule has 0 aliphatic carbocycles. The summed E-state index contributed by atoms with van der Waals surface area (Å²) in [5, 5.41) is 2.87. The molecule has 0 spiro atoms. The molecule has 1 amide bonds. The number of ether oxygens (including phenoxy) is 2. The molecule has 8 heteroatoms. The summed E-state index contributed by atoms with van der Waals surface area (Å²) in [5.74, 6) is 0.594. The van der Waals surface area contributed by atoms with Gasteiger partial charge < -0.3 is 14.8 Å². The van der Waals surface area contributed by atoms with Crippen LogP contribution in [0.3, 0.4) is 0 Å². The van der Waals surface area contributed by atoms with Crippen LogP contribution in [0.15, 0.2) is 23.1 Å². The maximum Gasteiger partial charge on any atom is 0.243 e. The van der Waals surface area contributed by atoms with E-state index in [0.29, 0.717) is 44.1 Å². The standard InChI is InChI=1S/C17H24N2O5S/c1-12(2)18-17(20)13-4-3-7-19(11-13)25(21,22)14-5-6-15-16(10-14)24-9-8-23-15/h5-6,10,12-13H,3-4,7-9,11H2,1-2H3,(H,18,20). The lowest BCUT2D eigenvalue weighted by Crippen LogP contribution is -2.46. The fourth-order valence-electron chi connectivity index (χ4n) is 3.11. The SMILES string of the molecule is CC(C)NC(=O)C1CCCN(S(=O)(=O)c2ccc3c(c2)OCCO3)C1. The van der Waals surface area contributed by atoms with Gasteiger partial charge in [0.25, 0.3) is 0 Å². The van der Waals surface area contributed by atoms with Crippen LogP contribution in [0.1, 0.15) is 26.7 Å². The first-order valence-electron chi connectivity index (χ1n) is 8.58. The fraction of sp³-hybridized carbons (Fsp3) is 0.588. The van der Waals surface area contributed by atoms with Gasteiger partial charge in [-0.25, -0.2) is 8.42 Å². The molecule has 3 rings (SSSR count). The van der Waals surface area contributed by atoms with E-state index < -0.39 is 10.0 Å². The van der Waals surface area contributed by atoms with Crippen LogP contribution in [0.25, 0.3) is 0 Å². The number of hydrogen-bond donors (Lipinski definition) is 1. The molecule has 1 unspecified atom stereocenters. The number of piperidine rings is 1. The molecule has 1 N–H and O–H groups in total. The van der Waals surface area contributed by atoms with Crippen LogP contribution in [0.4, 0.5) is 0 Å². The third kappa shape index (κ3) is 3.90. The lowest BCUT2D eigenvalue weighted by Gasteiger charge is -2.31. The minimum atomic E-state index is -3.67. The van der Waals surface area contributed by atoms with Gasteiger partial charge >= 0.3 is 0 Å². The van der Waals surface area contributed by atoms with E-state index in [-0.39, 0.29) is 29.3 Å². The zero-order valence-electron chi connectivity index (χ0n) is 14.5. The van der Waals surface area contributed by atoms with Gasteiger partial charge in [0.2, 0.25) is 15.9 Å². The van der Waals surface area contributed by atoms with Crippen LogP contribution in [0.5, 0.6) is 11.5 Å². The molecule has 2 aliphatic heterocycles. The molecule has 2 heterocycles. The third-order valence-corrected chi connectivity index (χ3v) is 6.20. The number of amides is 1. The Kier molecular flexibility index (Phi) is 5.19. The first-order valence-corrected chi connectivity index (χ1v) is 10.0. The van der Waals surface area contributed by atoms with Crippen LogP contribution in [0.2, 0.25) is 0 Å². The number of sulfonamides is 1. The van der Waals surface area contributed by atoms with E-state index in [0.717, 1.165) is 0 Å². The van der Waals surface area contributed by atoms with E-state index in [9.17, 15) is 13.2 Å². The Bertz CT molecular complexity index is 747. The summed E-state index contributed by atoms with van der Waals surface area (Å²) in [7, 11) is -3.67. The Balaban J connectivity index is 1.78. The van der Waals surface area contributed by atoms with Gasteiger partial charge in [0.1, 0.15) is 13.2 Å². The highest BCUT2D eigenvalue weighted by atomic mass is 32.2. The number of carbonyl (C=O) groups is 1. The summed E-state index contributed by atoms with van der Waals surface area (Å²) >= 11 is 0. The van der Waals surface area contributed by atoms with Gasteiger partial charge in [-0.05, 0) is 38.8 Å². The number of benzene rings is 1. The van der Waals surface area contributed by atoms with Crippen molar-refractivity contribution in [1.29, 1.82) is 0 Å². The summed E-state index contributed by atoms with van der Waals surface area (Å²) in [5.41, 5.74) is 0. The molecular formula is C17H24N2O5S. The third-order valence-electron chi connectivity index (χ3n) is 4.34. The molecule has 1 fully saturated rings. The Labute approximate surface area is 148 Å². The largest absolute Gasteiger partial charge is 0.486 e. The average Bonchev–Trinajstić information content (AvgIpc) is 2.61. The molecule has 1 aromatic rings. The second-order valence-electron chi connectivity index (χ2n) is 6.67. The highest BCUT2D eigenvalue weighted by Gasteiger charge is 2.34. The van der Waals surface area contributed by atoms with Gasteiger partial charge in [-0.1, -0.05) is 0 Å². The topological polar surface area (TPSA) is 84.9 Å². The van der Waals surface area contributed by atoms with Gasteiger partial charge in [0.15, 0.2) is 11.5 Å². The van der Waals surface area contributed by atoms with Crippen molar-refractivity contribution in [3.8, 4) is 11.5 Å². The summed E-state index contributed by atoms with van der Waals surface area (Å²) in [6.07, 6.45) is 1.37. The minimum absolute atomic E-state index is 0.0391. The molecule has 1 atom stereocenters. The normalized spacial score (nSPS) is 21.2. The van der Waals surface area contributed by atoms with Crippen LogP contribution in [-0.4, -0.2) is 51.0 Å². The summed E-state index contributed by atoms with van der Waals surface area (Å²) < 4.78 is 38.2. The van der Waals surface area contributed by atoms with Crippen molar-refractivity contribution in [2.24, 2.45) is 5.92 Å². The molecular weight excluding hydrogens is 344 g/mol. The number of rotatable bonds is 4. The van der Waals surface area contributed by atoms with Crippen molar-refractivity contribution in [1.82, 2.24) is 9.62 Å². The summed E-state index contributed by atoms with van der Waals surface area (Å²) in [6, 6.07) is 4.69. The fourth-order valence-corrected chi connectivity index (χ4v) is 4.65. The highest BCUT2D eigenvalue weighted by molar-refractivity contribution is 7.89. The molecule has 138 valence electrons. The average molecular weight is 368 g/mol. The van der Waals surface area contributed by atoms with Crippen molar-refractivity contribution in [2.75, 3.05) is 26.3 Å². The Morgan fingerprint density at radius 3 is 2.68 bits per heavy atom. The Morgan fingerprint density at radius 2 is 1.96 bits per heavy atom. The molecule has 25 heavy (non-hydrogen) atoms.